The highest BCUT2D eigenvalue weighted by Gasteiger charge is 2.13. The number of fused-ring (bicyclic) bond motifs is 1. The zero-order valence-electron chi connectivity index (χ0n) is 8.53. The van der Waals surface area contributed by atoms with E-state index in [9.17, 15) is 0 Å². The maximum absolute atomic E-state index is 4.47. The first-order chi connectivity index (χ1) is 6.90. The molecule has 2 heteroatoms. The van der Waals surface area contributed by atoms with Gasteiger partial charge in [0.2, 0.25) is 0 Å². The summed E-state index contributed by atoms with van der Waals surface area (Å²) in [4.78, 5) is 4.47. The van der Waals surface area contributed by atoms with Gasteiger partial charge in [0.05, 0.1) is 11.4 Å². The third-order valence-electron chi connectivity index (χ3n) is 2.38. The topological polar surface area (TPSA) is 26.5 Å². The van der Waals surface area contributed by atoms with Crippen LogP contribution in [0.1, 0.15) is 32.6 Å². The second-order valence-corrected chi connectivity index (χ2v) is 3.59. The van der Waals surface area contributed by atoms with E-state index in [-0.39, 0.29) is 0 Å². The Morgan fingerprint density at radius 3 is 2.57 bits per heavy atom. The molecule has 0 unspecified atom stereocenters. The lowest BCUT2D eigenvalue weighted by atomic mass is 10.2. The minimum atomic E-state index is 1.000. The Labute approximate surface area is 85.1 Å². The van der Waals surface area contributed by atoms with Crippen LogP contribution in [0.25, 0.3) is 0 Å². The molecule has 0 saturated heterocycles. The summed E-state index contributed by atoms with van der Waals surface area (Å²) in [5.74, 6) is 1.000. The summed E-state index contributed by atoms with van der Waals surface area (Å²) in [6.07, 6.45) is 4.74. The van der Waals surface area contributed by atoms with E-state index >= 15 is 0 Å². The van der Waals surface area contributed by atoms with Gasteiger partial charge in [0.1, 0.15) is 5.84 Å². The molecule has 0 N–H and O–H groups in total. The molecule has 0 saturated carbocycles. The Morgan fingerprint density at radius 1 is 1.07 bits per heavy atom. The van der Waals surface area contributed by atoms with E-state index in [1.807, 2.05) is 24.3 Å². The summed E-state index contributed by atoms with van der Waals surface area (Å²) < 4.78 is 0. The molecule has 2 nitrogen and oxygen atoms in total. The minimum absolute atomic E-state index is 1.000. The average Bonchev–Trinajstić information content (AvgIpc) is 2.60. The van der Waals surface area contributed by atoms with Crippen LogP contribution in [0.15, 0.2) is 29.3 Å². The van der Waals surface area contributed by atoms with Gasteiger partial charge in [0.15, 0.2) is 0 Å². The molecule has 0 amide bonds. The van der Waals surface area contributed by atoms with Crippen molar-refractivity contribution in [2.45, 2.75) is 32.6 Å². The van der Waals surface area contributed by atoms with Gasteiger partial charge in [-0.25, -0.2) is 10.3 Å². The highest BCUT2D eigenvalue weighted by Crippen LogP contribution is 2.30. The van der Waals surface area contributed by atoms with Crippen LogP contribution in [-0.4, -0.2) is 5.84 Å². The molecule has 0 spiro atoms. The molecule has 0 fully saturated rings. The van der Waals surface area contributed by atoms with E-state index in [2.05, 4.69) is 17.2 Å². The number of amidine groups is 1. The van der Waals surface area contributed by atoms with Crippen LogP contribution in [0, 0.1) is 0 Å². The van der Waals surface area contributed by atoms with Crippen LogP contribution in [-0.2, 0) is 0 Å². The van der Waals surface area contributed by atoms with Crippen molar-refractivity contribution >= 4 is 17.2 Å². The van der Waals surface area contributed by atoms with Crippen LogP contribution in [0.4, 0.5) is 11.4 Å². The Hall–Kier alpha value is -1.31. The number of unbranched alkanes of at least 4 members (excludes halogenated alkanes) is 2. The molecule has 0 atom stereocenters. The molecule has 14 heavy (non-hydrogen) atoms. The van der Waals surface area contributed by atoms with E-state index in [4.69, 9.17) is 0 Å². The maximum Gasteiger partial charge on any atom is 0.129 e. The quantitative estimate of drug-likeness (QED) is 0.644. The minimum Gasteiger partial charge on any atom is -0.231 e. The lowest BCUT2D eigenvalue weighted by Gasteiger charge is -1.98. The second kappa shape index (κ2) is 4.27. The molecular weight excluding hydrogens is 172 g/mol. The predicted molar refractivity (Wildman–Crippen MR) is 59.5 cm³/mol. The molecule has 1 heterocycles. The van der Waals surface area contributed by atoms with Gasteiger partial charge >= 0.3 is 0 Å². The Morgan fingerprint density at radius 2 is 1.86 bits per heavy atom. The smallest absolute Gasteiger partial charge is 0.129 e. The van der Waals surface area contributed by atoms with Crippen LogP contribution in [0.3, 0.4) is 0 Å². The number of nitrogens with zero attached hydrogens (tertiary/aromatic N) is 2. The van der Waals surface area contributed by atoms with Gasteiger partial charge in [-0.05, 0) is 18.6 Å². The predicted octanol–water partition coefficient (Wildman–Crippen LogP) is 3.55. The monoisotopic (exact) mass is 187 g/mol. The first-order valence-corrected chi connectivity index (χ1v) is 5.28. The Bertz CT molecular complexity index is 342. The van der Waals surface area contributed by atoms with Crippen molar-refractivity contribution in [3.8, 4) is 0 Å². The van der Waals surface area contributed by atoms with Gasteiger partial charge in [-0.2, -0.15) is 0 Å². The second-order valence-electron chi connectivity index (χ2n) is 3.59. The van der Waals surface area contributed by atoms with Crippen molar-refractivity contribution in [2.75, 3.05) is 0 Å². The third-order valence-corrected chi connectivity index (χ3v) is 2.38. The van der Waals surface area contributed by atoms with Crippen molar-refractivity contribution in [2.24, 2.45) is 4.99 Å². The van der Waals surface area contributed by atoms with E-state index in [0.29, 0.717) is 0 Å². The number of para-hydroxylation sites is 2. The average molecular weight is 187 g/mol. The summed E-state index contributed by atoms with van der Waals surface area (Å²) in [6.45, 7) is 2.21. The van der Waals surface area contributed by atoms with Gasteiger partial charge in [0, 0.05) is 6.42 Å². The van der Waals surface area contributed by atoms with Gasteiger partial charge < -0.3 is 0 Å². The summed E-state index contributed by atoms with van der Waals surface area (Å²) in [5, 5.41) is 4.47. The Balaban J connectivity index is 1.95. The van der Waals surface area contributed by atoms with E-state index < -0.39 is 0 Å². The summed E-state index contributed by atoms with van der Waals surface area (Å²) >= 11 is 0. The summed E-state index contributed by atoms with van der Waals surface area (Å²) in [7, 11) is 0. The SMILES string of the molecule is CCCCCC1=Nc2ccccc2[N]1. The fraction of sp³-hybridized carbons (Fsp3) is 0.417. The number of aliphatic imine (C=N–C) groups is 1. The number of benzene rings is 1. The maximum atomic E-state index is 4.47. The summed E-state index contributed by atoms with van der Waals surface area (Å²) in [5.41, 5.74) is 2.05. The van der Waals surface area contributed by atoms with E-state index in [0.717, 1.165) is 23.6 Å². The van der Waals surface area contributed by atoms with Crippen molar-refractivity contribution in [3.05, 3.63) is 24.3 Å². The zero-order chi connectivity index (χ0) is 9.80. The van der Waals surface area contributed by atoms with Crippen LogP contribution >= 0.6 is 0 Å². The molecule has 0 bridgehead atoms. The highest BCUT2D eigenvalue weighted by molar-refractivity contribution is 5.95. The third kappa shape index (κ3) is 1.95. The number of rotatable bonds is 4. The molecule has 2 rings (SSSR count). The highest BCUT2D eigenvalue weighted by atomic mass is 15.1. The molecular formula is C12H15N2. The van der Waals surface area contributed by atoms with Gasteiger partial charge in [0.25, 0.3) is 0 Å². The van der Waals surface area contributed by atoms with Gasteiger partial charge in [-0.15, -0.1) is 0 Å². The Kier molecular flexibility index (Phi) is 2.82. The number of hydrogen-bond acceptors (Lipinski definition) is 1. The molecule has 1 aliphatic heterocycles. The normalized spacial score (nSPS) is 13.4. The fourth-order valence-corrected chi connectivity index (χ4v) is 1.60. The van der Waals surface area contributed by atoms with E-state index in [1.54, 1.807) is 0 Å². The van der Waals surface area contributed by atoms with Crippen LogP contribution in [0.5, 0.6) is 0 Å². The standard InChI is InChI=1S/C12H15N2/c1-2-3-4-9-12-13-10-7-5-6-8-11(10)14-12/h5-8H,2-4,9H2,1H3. The lowest BCUT2D eigenvalue weighted by molar-refractivity contribution is 0.737. The molecule has 1 aliphatic rings. The fourth-order valence-electron chi connectivity index (χ4n) is 1.60. The lowest BCUT2D eigenvalue weighted by Crippen LogP contribution is -2.05. The number of hydrogen-bond donors (Lipinski definition) is 0. The van der Waals surface area contributed by atoms with Crippen LogP contribution in [0.2, 0.25) is 0 Å². The largest absolute Gasteiger partial charge is 0.231 e. The van der Waals surface area contributed by atoms with Crippen molar-refractivity contribution in [1.82, 2.24) is 5.32 Å². The molecule has 1 aromatic carbocycles. The zero-order valence-corrected chi connectivity index (χ0v) is 8.53. The first kappa shape index (κ1) is 9.25. The molecule has 1 radical (unpaired) electrons. The van der Waals surface area contributed by atoms with E-state index in [1.165, 1.54) is 19.3 Å². The van der Waals surface area contributed by atoms with Crippen molar-refractivity contribution < 1.29 is 0 Å². The molecule has 0 aliphatic carbocycles. The van der Waals surface area contributed by atoms with Gasteiger partial charge in [-0.1, -0.05) is 31.9 Å². The molecule has 0 aromatic heterocycles. The van der Waals surface area contributed by atoms with Crippen molar-refractivity contribution in [3.63, 3.8) is 0 Å². The molecule has 1 aromatic rings. The van der Waals surface area contributed by atoms with Crippen LogP contribution < -0.4 is 5.32 Å². The molecule has 73 valence electrons. The van der Waals surface area contributed by atoms with Gasteiger partial charge in [-0.3, -0.25) is 0 Å². The summed E-state index contributed by atoms with van der Waals surface area (Å²) in [6, 6.07) is 8.05. The van der Waals surface area contributed by atoms with Crippen molar-refractivity contribution in [1.29, 1.82) is 0 Å². The first-order valence-electron chi connectivity index (χ1n) is 5.28.